The van der Waals surface area contributed by atoms with Gasteiger partial charge in [-0.3, -0.25) is 0 Å². The molecule has 1 N–H and O–H groups in total. The van der Waals surface area contributed by atoms with Gasteiger partial charge in [0.25, 0.3) is 0 Å². The third-order valence-corrected chi connectivity index (χ3v) is 2.97. The number of benzene rings is 1. The Hall–Kier alpha value is -1.75. The molecule has 5 heteroatoms. The van der Waals surface area contributed by atoms with Gasteiger partial charge in [-0.1, -0.05) is 26.1 Å². The van der Waals surface area contributed by atoms with Gasteiger partial charge < -0.3 is 9.72 Å². The van der Waals surface area contributed by atoms with Gasteiger partial charge >= 0.3 is 0 Å². The Morgan fingerprint density at radius 2 is 2.05 bits per heavy atom. The van der Waals surface area contributed by atoms with Gasteiger partial charge in [0, 0.05) is 11.5 Å². The summed E-state index contributed by atoms with van der Waals surface area (Å²) in [5.74, 6) is 1.25. The summed E-state index contributed by atoms with van der Waals surface area (Å²) in [7, 11) is 1.55. The molecule has 0 unspecified atom stereocenters. The number of methoxy groups -OCH3 is 1. The minimum Gasteiger partial charge on any atom is -0.496 e. The van der Waals surface area contributed by atoms with Crippen molar-refractivity contribution in [1.29, 1.82) is 0 Å². The molecule has 1 heterocycles. The van der Waals surface area contributed by atoms with Crippen molar-refractivity contribution in [1.82, 2.24) is 9.97 Å². The van der Waals surface area contributed by atoms with Gasteiger partial charge in [0.05, 0.1) is 12.8 Å². The monoisotopic (exact) mass is 278 g/mol. The highest BCUT2D eigenvalue weighted by Gasteiger charge is 2.10. The molecule has 0 aliphatic rings. The minimum atomic E-state index is -0.321. The van der Waals surface area contributed by atoms with E-state index in [1.807, 2.05) is 13.8 Å². The summed E-state index contributed by atoms with van der Waals surface area (Å²) in [6.45, 7) is 4.03. The van der Waals surface area contributed by atoms with E-state index in [0.29, 0.717) is 21.6 Å². The first-order chi connectivity index (χ1) is 9.01. The van der Waals surface area contributed by atoms with Gasteiger partial charge in [-0.25, -0.2) is 9.37 Å². The lowest BCUT2D eigenvalue weighted by atomic mass is 10.1. The molecule has 0 saturated carbocycles. The highest BCUT2D eigenvalue weighted by Crippen LogP contribution is 2.29. The minimum absolute atomic E-state index is 0.209. The second-order valence-corrected chi connectivity index (χ2v) is 4.94. The topological polar surface area (TPSA) is 37.9 Å². The van der Waals surface area contributed by atoms with Crippen molar-refractivity contribution < 1.29 is 9.13 Å². The number of H-pyrrole nitrogens is 1. The van der Waals surface area contributed by atoms with Crippen LogP contribution in [0.4, 0.5) is 4.39 Å². The Bertz CT molecular complexity index is 652. The first kappa shape index (κ1) is 13.7. The van der Waals surface area contributed by atoms with E-state index in [0.717, 1.165) is 5.82 Å². The number of rotatable bonds is 3. The molecule has 0 fully saturated rings. The Morgan fingerprint density at radius 1 is 1.32 bits per heavy atom. The molecule has 0 spiro atoms. The number of hydrogen-bond acceptors (Lipinski definition) is 3. The highest BCUT2D eigenvalue weighted by molar-refractivity contribution is 7.71. The lowest BCUT2D eigenvalue weighted by molar-refractivity contribution is 0.415. The van der Waals surface area contributed by atoms with Gasteiger partial charge in [0.2, 0.25) is 0 Å². The molecule has 1 aromatic carbocycles. The van der Waals surface area contributed by atoms with Crippen LogP contribution in [0.15, 0.2) is 24.3 Å². The normalized spacial score (nSPS) is 10.8. The van der Waals surface area contributed by atoms with E-state index in [-0.39, 0.29) is 11.7 Å². The summed E-state index contributed by atoms with van der Waals surface area (Å²) < 4.78 is 19.1. The summed E-state index contributed by atoms with van der Waals surface area (Å²) in [5, 5.41) is 0. The quantitative estimate of drug-likeness (QED) is 0.860. The maximum absolute atomic E-state index is 13.4. The molecule has 0 aliphatic heterocycles. The van der Waals surface area contributed by atoms with E-state index in [1.165, 1.54) is 12.1 Å². The second-order valence-electron chi connectivity index (χ2n) is 4.52. The molecule has 100 valence electrons. The maximum Gasteiger partial charge on any atom is 0.130 e. The van der Waals surface area contributed by atoms with Crippen LogP contribution in [0.25, 0.3) is 11.3 Å². The van der Waals surface area contributed by atoms with Crippen molar-refractivity contribution in [3.05, 3.63) is 40.5 Å². The number of halogens is 1. The second kappa shape index (κ2) is 5.48. The van der Waals surface area contributed by atoms with Crippen LogP contribution < -0.4 is 4.74 Å². The highest BCUT2D eigenvalue weighted by atomic mass is 32.1. The molecular weight excluding hydrogens is 263 g/mol. The zero-order valence-electron chi connectivity index (χ0n) is 11.0. The molecule has 1 aromatic heterocycles. The van der Waals surface area contributed by atoms with E-state index in [9.17, 15) is 4.39 Å². The van der Waals surface area contributed by atoms with Crippen LogP contribution in [-0.4, -0.2) is 17.1 Å². The average molecular weight is 278 g/mol. The Morgan fingerprint density at radius 3 is 2.68 bits per heavy atom. The Kier molecular flexibility index (Phi) is 3.95. The number of aromatic amines is 1. The van der Waals surface area contributed by atoms with E-state index >= 15 is 0 Å². The van der Waals surface area contributed by atoms with Crippen molar-refractivity contribution in [3.63, 3.8) is 0 Å². The fraction of sp³-hybridized carbons (Fsp3) is 0.286. The van der Waals surface area contributed by atoms with Crippen molar-refractivity contribution in [2.45, 2.75) is 19.8 Å². The molecule has 2 rings (SSSR count). The smallest absolute Gasteiger partial charge is 0.130 e. The largest absolute Gasteiger partial charge is 0.496 e. The number of ether oxygens (including phenoxy) is 1. The fourth-order valence-electron chi connectivity index (χ4n) is 1.79. The van der Waals surface area contributed by atoms with Crippen LogP contribution in [0, 0.1) is 10.5 Å². The lowest BCUT2D eigenvalue weighted by Gasteiger charge is -2.11. The molecule has 0 bridgehead atoms. The summed E-state index contributed by atoms with van der Waals surface area (Å²) in [5.41, 5.74) is 1.35. The predicted molar refractivity (Wildman–Crippen MR) is 75.5 cm³/mol. The Balaban J connectivity index is 2.64. The Labute approximate surface area is 116 Å². The lowest BCUT2D eigenvalue weighted by Crippen LogP contribution is -2.00. The van der Waals surface area contributed by atoms with Crippen LogP contribution in [0.3, 0.4) is 0 Å². The molecule has 0 saturated heterocycles. The fourth-order valence-corrected chi connectivity index (χ4v) is 2.00. The van der Waals surface area contributed by atoms with Crippen molar-refractivity contribution in [3.8, 4) is 17.0 Å². The number of aromatic nitrogens is 2. The molecule has 0 amide bonds. The van der Waals surface area contributed by atoms with Gasteiger partial charge in [-0.15, -0.1) is 0 Å². The number of hydrogen-bond donors (Lipinski definition) is 1. The zero-order valence-corrected chi connectivity index (χ0v) is 11.8. The van der Waals surface area contributed by atoms with E-state index in [1.54, 1.807) is 19.2 Å². The maximum atomic E-state index is 13.4. The van der Waals surface area contributed by atoms with Crippen LogP contribution in [-0.2, 0) is 0 Å². The van der Waals surface area contributed by atoms with Gasteiger partial charge in [-0.2, -0.15) is 0 Å². The van der Waals surface area contributed by atoms with Gasteiger partial charge in [0.1, 0.15) is 22.0 Å². The SMILES string of the molecule is COc1ccc(F)cc1-c1cc(=S)nc(C(C)C)[nH]1. The first-order valence-corrected chi connectivity index (χ1v) is 6.37. The van der Waals surface area contributed by atoms with Gasteiger partial charge in [0.15, 0.2) is 0 Å². The van der Waals surface area contributed by atoms with Crippen molar-refractivity contribution >= 4 is 12.2 Å². The number of nitrogens with one attached hydrogen (secondary N) is 1. The van der Waals surface area contributed by atoms with E-state index in [2.05, 4.69) is 9.97 Å². The summed E-state index contributed by atoms with van der Waals surface area (Å²) in [6, 6.07) is 6.08. The number of nitrogens with zero attached hydrogens (tertiary/aromatic N) is 1. The third-order valence-electron chi connectivity index (χ3n) is 2.76. The summed E-state index contributed by atoms with van der Waals surface area (Å²) in [4.78, 5) is 7.44. The van der Waals surface area contributed by atoms with Crippen molar-refractivity contribution in [2.75, 3.05) is 7.11 Å². The molecule has 0 aliphatic carbocycles. The zero-order chi connectivity index (χ0) is 14.0. The van der Waals surface area contributed by atoms with Gasteiger partial charge in [-0.05, 0) is 24.3 Å². The van der Waals surface area contributed by atoms with E-state index in [4.69, 9.17) is 17.0 Å². The molecule has 19 heavy (non-hydrogen) atoms. The standard InChI is InChI=1S/C14H15FN2OS/c1-8(2)14-16-11(7-13(19)17-14)10-6-9(15)4-5-12(10)18-3/h4-8H,1-3H3,(H,16,17,19). The first-order valence-electron chi connectivity index (χ1n) is 5.96. The van der Waals surface area contributed by atoms with E-state index < -0.39 is 0 Å². The predicted octanol–water partition coefficient (Wildman–Crippen LogP) is 4.08. The molecule has 0 radical (unpaired) electrons. The summed E-state index contributed by atoms with van der Waals surface area (Å²) in [6.07, 6.45) is 0. The average Bonchev–Trinajstić information content (AvgIpc) is 2.37. The molecule has 2 aromatic rings. The van der Waals surface area contributed by atoms with Crippen LogP contribution in [0.5, 0.6) is 5.75 Å². The van der Waals surface area contributed by atoms with Crippen molar-refractivity contribution in [2.24, 2.45) is 0 Å². The van der Waals surface area contributed by atoms with Crippen LogP contribution in [0.1, 0.15) is 25.6 Å². The van der Waals surface area contributed by atoms with Crippen LogP contribution in [0.2, 0.25) is 0 Å². The summed E-state index contributed by atoms with van der Waals surface area (Å²) >= 11 is 5.15. The molecule has 0 atom stereocenters. The molecule has 3 nitrogen and oxygen atoms in total. The third kappa shape index (κ3) is 2.98. The van der Waals surface area contributed by atoms with Crippen LogP contribution >= 0.6 is 12.2 Å². The molecular formula is C14H15FN2OS.